The molecule has 0 spiro atoms. The maximum Gasteiger partial charge on any atom is 0.140 e. The smallest absolute Gasteiger partial charge is 0.140 e. The van der Waals surface area contributed by atoms with E-state index in [1.54, 1.807) is 6.07 Å². The summed E-state index contributed by atoms with van der Waals surface area (Å²) in [4.78, 5) is 0. The highest BCUT2D eigenvalue weighted by Crippen LogP contribution is 2.25. The lowest BCUT2D eigenvalue weighted by molar-refractivity contribution is 0.304. The minimum atomic E-state index is -0.518. The molecule has 2 rings (SSSR count). The molecule has 102 valence electrons. The van der Waals surface area contributed by atoms with Crippen LogP contribution in [-0.2, 0) is 6.61 Å². The summed E-state index contributed by atoms with van der Waals surface area (Å²) in [5.41, 5.74) is 9.20. The molecule has 3 nitrogen and oxygen atoms in total. The molecule has 0 aliphatic carbocycles. The van der Waals surface area contributed by atoms with E-state index in [-0.39, 0.29) is 12.2 Å². The first-order valence-electron chi connectivity index (χ1n) is 6.19. The summed E-state index contributed by atoms with van der Waals surface area (Å²) in [5.74, 6) is 0.218. The Labute approximate surface area is 117 Å². The standard InChI is InChI=1S/C16H15FN2O/c1-10-6-16(11(2)5-15(10)19)20-9-12-3-4-14(17)13(7-12)8-18/h3-7H,9,19H2,1-2H3. The third-order valence-electron chi connectivity index (χ3n) is 3.11. The van der Waals surface area contributed by atoms with Crippen molar-refractivity contribution >= 4 is 5.69 Å². The monoisotopic (exact) mass is 270 g/mol. The molecule has 0 aromatic heterocycles. The zero-order chi connectivity index (χ0) is 14.7. The lowest BCUT2D eigenvalue weighted by Gasteiger charge is -2.12. The molecule has 2 aromatic rings. The van der Waals surface area contributed by atoms with Crippen molar-refractivity contribution in [2.45, 2.75) is 20.5 Å². The highest BCUT2D eigenvalue weighted by Gasteiger charge is 2.06. The average molecular weight is 270 g/mol. The SMILES string of the molecule is Cc1cc(OCc2ccc(F)c(C#N)c2)c(C)cc1N. The Morgan fingerprint density at radius 3 is 2.65 bits per heavy atom. The number of benzene rings is 2. The third kappa shape index (κ3) is 2.89. The van der Waals surface area contributed by atoms with Crippen molar-refractivity contribution < 1.29 is 9.13 Å². The molecule has 0 aliphatic heterocycles. The fourth-order valence-corrected chi connectivity index (χ4v) is 1.88. The van der Waals surface area contributed by atoms with Crippen LogP contribution in [0.25, 0.3) is 0 Å². The van der Waals surface area contributed by atoms with E-state index in [2.05, 4.69) is 0 Å². The molecule has 0 radical (unpaired) electrons. The number of ether oxygens (including phenoxy) is 1. The predicted molar refractivity (Wildman–Crippen MR) is 75.8 cm³/mol. The van der Waals surface area contributed by atoms with Crippen molar-refractivity contribution in [1.29, 1.82) is 5.26 Å². The van der Waals surface area contributed by atoms with Crippen LogP contribution in [0.5, 0.6) is 5.75 Å². The predicted octanol–water partition coefficient (Wildman–Crippen LogP) is 3.48. The van der Waals surface area contributed by atoms with Crippen molar-refractivity contribution in [2.75, 3.05) is 5.73 Å². The van der Waals surface area contributed by atoms with Crippen molar-refractivity contribution in [3.05, 3.63) is 58.4 Å². The van der Waals surface area contributed by atoms with Crippen molar-refractivity contribution in [3.63, 3.8) is 0 Å². The molecule has 0 bridgehead atoms. The molecule has 0 heterocycles. The van der Waals surface area contributed by atoms with Crippen LogP contribution in [-0.4, -0.2) is 0 Å². The second kappa shape index (κ2) is 5.62. The van der Waals surface area contributed by atoms with Crippen LogP contribution >= 0.6 is 0 Å². The summed E-state index contributed by atoms with van der Waals surface area (Å²) >= 11 is 0. The Bertz CT molecular complexity index is 690. The summed E-state index contributed by atoms with van der Waals surface area (Å²) < 4.78 is 18.9. The molecule has 20 heavy (non-hydrogen) atoms. The maximum atomic E-state index is 13.2. The zero-order valence-electron chi connectivity index (χ0n) is 11.4. The van der Waals surface area contributed by atoms with Gasteiger partial charge in [-0.3, -0.25) is 0 Å². The van der Waals surface area contributed by atoms with Crippen LogP contribution in [0.4, 0.5) is 10.1 Å². The molecule has 2 aromatic carbocycles. The number of hydrogen-bond acceptors (Lipinski definition) is 3. The van der Waals surface area contributed by atoms with Crippen LogP contribution in [0.2, 0.25) is 0 Å². The summed E-state index contributed by atoms with van der Waals surface area (Å²) in [7, 11) is 0. The summed E-state index contributed by atoms with van der Waals surface area (Å²) in [5, 5.41) is 8.79. The van der Waals surface area contributed by atoms with E-state index in [1.807, 2.05) is 32.0 Å². The lowest BCUT2D eigenvalue weighted by atomic mass is 10.1. The molecule has 0 saturated heterocycles. The molecule has 0 amide bonds. The summed E-state index contributed by atoms with van der Waals surface area (Å²) in [6, 6.07) is 9.92. The van der Waals surface area contributed by atoms with Gasteiger partial charge in [-0.05, 0) is 54.8 Å². The molecular weight excluding hydrogens is 255 g/mol. The van der Waals surface area contributed by atoms with E-state index in [0.717, 1.165) is 28.1 Å². The van der Waals surface area contributed by atoms with E-state index < -0.39 is 5.82 Å². The summed E-state index contributed by atoms with van der Waals surface area (Å²) in [6.07, 6.45) is 0. The fourth-order valence-electron chi connectivity index (χ4n) is 1.88. The Kier molecular flexibility index (Phi) is 3.90. The van der Waals surface area contributed by atoms with Crippen LogP contribution in [0.1, 0.15) is 22.3 Å². The van der Waals surface area contributed by atoms with Gasteiger partial charge in [0.05, 0.1) is 5.56 Å². The van der Waals surface area contributed by atoms with Crippen molar-refractivity contribution in [3.8, 4) is 11.8 Å². The Morgan fingerprint density at radius 1 is 1.20 bits per heavy atom. The number of rotatable bonds is 3. The minimum Gasteiger partial charge on any atom is -0.489 e. The fraction of sp³-hybridized carbons (Fsp3) is 0.188. The third-order valence-corrected chi connectivity index (χ3v) is 3.11. The quantitative estimate of drug-likeness (QED) is 0.869. The van der Waals surface area contributed by atoms with Crippen molar-refractivity contribution in [1.82, 2.24) is 0 Å². The van der Waals surface area contributed by atoms with Crippen LogP contribution in [0.15, 0.2) is 30.3 Å². The van der Waals surface area contributed by atoms with E-state index in [0.29, 0.717) is 0 Å². The highest BCUT2D eigenvalue weighted by molar-refractivity contribution is 5.53. The van der Waals surface area contributed by atoms with Gasteiger partial charge in [0.25, 0.3) is 0 Å². The first-order valence-corrected chi connectivity index (χ1v) is 6.19. The van der Waals surface area contributed by atoms with Gasteiger partial charge in [0.2, 0.25) is 0 Å². The number of anilines is 1. The molecule has 0 fully saturated rings. The van der Waals surface area contributed by atoms with Gasteiger partial charge in [0.15, 0.2) is 0 Å². The van der Waals surface area contributed by atoms with Gasteiger partial charge in [-0.15, -0.1) is 0 Å². The number of halogens is 1. The van der Waals surface area contributed by atoms with Gasteiger partial charge in [-0.25, -0.2) is 4.39 Å². The second-order valence-electron chi connectivity index (χ2n) is 4.69. The van der Waals surface area contributed by atoms with Gasteiger partial charge in [-0.1, -0.05) is 6.07 Å². The minimum absolute atomic E-state index is 0.0244. The Balaban J connectivity index is 2.17. The summed E-state index contributed by atoms with van der Waals surface area (Å²) in [6.45, 7) is 4.10. The lowest BCUT2D eigenvalue weighted by Crippen LogP contribution is -2.00. The topological polar surface area (TPSA) is 59.0 Å². The van der Waals surface area contributed by atoms with Gasteiger partial charge in [0, 0.05) is 5.69 Å². The number of nitriles is 1. The number of nitrogens with two attached hydrogens (primary N) is 1. The van der Waals surface area contributed by atoms with Gasteiger partial charge < -0.3 is 10.5 Å². The van der Waals surface area contributed by atoms with Crippen LogP contribution < -0.4 is 10.5 Å². The van der Waals surface area contributed by atoms with E-state index in [4.69, 9.17) is 15.7 Å². The number of aryl methyl sites for hydroxylation is 2. The molecular formula is C16H15FN2O. The van der Waals surface area contributed by atoms with E-state index >= 15 is 0 Å². The molecule has 0 aliphatic rings. The highest BCUT2D eigenvalue weighted by atomic mass is 19.1. The maximum absolute atomic E-state index is 13.2. The largest absolute Gasteiger partial charge is 0.489 e. The second-order valence-corrected chi connectivity index (χ2v) is 4.69. The Morgan fingerprint density at radius 2 is 1.95 bits per heavy atom. The molecule has 0 saturated carbocycles. The van der Waals surface area contributed by atoms with Gasteiger partial charge >= 0.3 is 0 Å². The number of nitrogen functional groups attached to an aromatic ring is 1. The Hall–Kier alpha value is -2.54. The van der Waals surface area contributed by atoms with Crippen LogP contribution in [0.3, 0.4) is 0 Å². The number of hydrogen-bond donors (Lipinski definition) is 1. The number of nitrogens with zero attached hydrogens (tertiary/aromatic N) is 1. The van der Waals surface area contributed by atoms with Gasteiger partial charge in [0.1, 0.15) is 24.2 Å². The molecule has 2 N–H and O–H groups in total. The van der Waals surface area contributed by atoms with Gasteiger partial charge in [-0.2, -0.15) is 5.26 Å². The first-order chi connectivity index (χ1) is 9.51. The van der Waals surface area contributed by atoms with E-state index in [1.165, 1.54) is 12.1 Å². The average Bonchev–Trinajstić information content (AvgIpc) is 2.43. The molecule has 0 unspecified atom stereocenters. The first kappa shape index (κ1) is 13.9. The molecule has 0 atom stereocenters. The van der Waals surface area contributed by atoms with E-state index in [9.17, 15) is 4.39 Å². The van der Waals surface area contributed by atoms with Crippen molar-refractivity contribution in [2.24, 2.45) is 0 Å². The normalized spacial score (nSPS) is 10.1. The zero-order valence-corrected chi connectivity index (χ0v) is 11.4. The molecule has 4 heteroatoms. The van der Waals surface area contributed by atoms with Crippen LogP contribution in [0, 0.1) is 31.0 Å².